The Morgan fingerprint density at radius 1 is 1.17 bits per heavy atom. The fourth-order valence-corrected chi connectivity index (χ4v) is 3.91. The molecule has 0 spiro atoms. The number of nitrogens with one attached hydrogen (secondary N) is 1. The molecule has 24 heavy (non-hydrogen) atoms. The quantitative estimate of drug-likeness (QED) is 0.873. The van der Waals surface area contributed by atoms with Crippen molar-refractivity contribution in [2.45, 2.75) is 30.9 Å². The Hall–Kier alpha value is -2.18. The highest BCUT2D eigenvalue weighted by Gasteiger charge is 2.24. The summed E-state index contributed by atoms with van der Waals surface area (Å²) in [5, 5.41) is 7.91. The van der Waals surface area contributed by atoms with Crippen LogP contribution in [0.5, 0.6) is 0 Å². The van der Waals surface area contributed by atoms with Gasteiger partial charge in [-0.05, 0) is 47.6 Å². The third-order valence-electron chi connectivity index (χ3n) is 4.27. The third-order valence-corrected chi connectivity index (χ3v) is 5.00. The average molecular weight is 344 g/mol. The summed E-state index contributed by atoms with van der Waals surface area (Å²) in [4.78, 5) is 12.3. The minimum Gasteiger partial charge on any atom is -0.326 e. The number of nitrogens with two attached hydrogens (primary N) is 1. The van der Waals surface area contributed by atoms with E-state index in [9.17, 15) is 13.2 Å². The number of sulfonamides is 1. The summed E-state index contributed by atoms with van der Waals surface area (Å²) in [5.74, 6) is -0.0644. The lowest BCUT2D eigenvalue weighted by atomic mass is 9.97. The number of carbonyl (C=O) groups is 1. The highest BCUT2D eigenvalue weighted by Crippen LogP contribution is 2.35. The molecule has 0 radical (unpaired) electrons. The highest BCUT2D eigenvalue weighted by atomic mass is 32.2. The van der Waals surface area contributed by atoms with Gasteiger partial charge >= 0.3 is 0 Å². The molecule has 0 saturated heterocycles. The summed E-state index contributed by atoms with van der Waals surface area (Å²) < 4.78 is 22.3. The molecule has 0 aromatic heterocycles. The van der Waals surface area contributed by atoms with Crippen LogP contribution in [0.2, 0.25) is 0 Å². The maximum Gasteiger partial charge on any atom is 0.224 e. The van der Waals surface area contributed by atoms with E-state index < -0.39 is 10.0 Å². The molecule has 0 bridgehead atoms. The van der Waals surface area contributed by atoms with Crippen LogP contribution in [0, 0.1) is 0 Å². The SMILES string of the molecule is NS(=O)(=O)Cc1cccc(NC(=O)C[C@@H]2CCc3ccccc32)c1. The molecule has 2 aromatic rings. The molecule has 0 saturated carbocycles. The second-order valence-electron chi connectivity index (χ2n) is 6.19. The van der Waals surface area contributed by atoms with Gasteiger partial charge in [0.05, 0.1) is 5.75 Å². The summed E-state index contributed by atoms with van der Waals surface area (Å²) in [6.07, 6.45) is 2.42. The first-order chi connectivity index (χ1) is 11.4. The first-order valence-electron chi connectivity index (χ1n) is 7.88. The van der Waals surface area contributed by atoms with Gasteiger partial charge in [0.1, 0.15) is 0 Å². The van der Waals surface area contributed by atoms with Crippen LogP contribution in [0.1, 0.15) is 35.4 Å². The molecule has 3 N–H and O–H groups in total. The smallest absolute Gasteiger partial charge is 0.224 e. The van der Waals surface area contributed by atoms with Crippen LogP contribution >= 0.6 is 0 Å². The van der Waals surface area contributed by atoms with Crippen molar-refractivity contribution >= 4 is 21.6 Å². The number of hydrogen-bond donors (Lipinski definition) is 2. The Labute approximate surface area is 141 Å². The zero-order chi connectivity index (χ0) is 17.2. The van der Waals surface area contributed by atoms with E-state index in [-0.39, 0.29) is 17.6 Å². The molecule has 0 heterocycles. The van der Waals surface area contributed by atoms with Gasteiger partial charge in [-0.2, -0.15) is 0 Å². The van der Waals surface area contributed by atoms with Gasteiger partial charge in [-0.15, -0.1) is 0 Å². The standard InChI is InChI=1S/C18H20N2O3S/c19-24(22,23)12-13-4-3-6-16(10-13)20-18(21)11-15-9-8-14-5-1-2-7-17(14)15/h1-7,10,15H,8-9,11-12H2,(H,20,21)(H2,19,22,23)/t15-/m0/s1. The van der Waals surface area contributed by atoms with E-state index in [4.69, 9.17) is 5.14 Å². The topological polar surface area (TPSA) is 89.3 Å². The number of hydrogen-bond acceptors (Lipinski definition) is 3. The largest absolute Gasteiger partial charge is 0.326 e. The number of fused-ring (bicyclic) bond motifs is 1. The Morgan fingerprint density at radius 2 is 1.96 bits per heavy atom. The van der Waals surface area contributed by atoms with Gasteiger partial charge in [0, 0.05) is 12.1 Å². The molecule has 1 aliphatic carbocycles. The van der Waals surface area contributed by atoms with Gasteiger partial charge in [-0.1, -0.05) is 36.4 Å². The molecular weight excluding hydrogens is 324 g/mol. The van der Waals surface area contributed by atoms with Gasteiger partial charge in [-0.3, -0.25) is 4.79 Å². The lowest BCUT2D eigenvalue weighted by Crippen LogP contribution is -2.16. The van der Waals surface area contributed by atoms with Crippen molar-refractivity contribution in [2.75, 3.05) is 5.32 Å². The number of amides is 1. The van der Waals surface area contributed by atoms with Crippen LogP contribution in [0.15, 0.2) is 48.5 Å². The van der Waals surface area contributed by atoms with Crippen molar-refractivity contribution in [3.8, 4) is 0 Å². The monoisotopic (exact) mass is 344 g/mol. The predicted molar refractivity (Wildman–Crippen MR) is 94.0 cm³/mol. The van der Waals surface area contributed by atoms with E-state index in [0.717, 1.165) is 12.8 Å². The van der Waals surface area contributed by atoms with E-state index in [2.05, 4.69) is 17.4 Å². The molecule has 5 nitrogen and oxygen atoms in total. The lowest BCUT2D eigenvalue weighted by Gasteiger charge is -2.12. The first kappa shape index (κ1) is 16.7. The van der Waals surface area contributed by atoms with Crippen molar-refractivity contribution in [3.63, 3.8) is 0 Å². The van der Waals surface area contributed by atoms with Crippen molar-refractivity contribution in [1.82, 2.24) is 0 Å². The van der Waals surface area contributed by atoms with Crippen molar-refractivity contribution < 1.29 is 13.2 Å². The summed E-state index contributed by atoms with van der Waals surface area (Å²) in [6, 6.07) is 15.0. The third kappa shape index (κ3) is 4.21. The Kier molecular flexibility index (Phi) is 4.69. The fraction of sp³-hybridized carbons (Fsp3) is 0.278. The number of rotatable bonds is 5. The molecular formula is C18H20N2O3S. The van der Waals surface area contributed by atoms with E-state index >= 15 is 0 Å². The molecule has 3 rings (SSSR count). The zero-order valence-corrected chi connectivity index (χ0v) is 14.1. The Bertz CT molecular complexity index is 862. The normalized spacial score (nSPS) is 16.6. The Morgan fingerprint density at radius 3 is 2.75 bits per heavy atom. The summed E-state index contributed by atoms with van der Waals surface area (Å²) in [7, 11) is -3.59. The molecule has 0 fully saturated rings. The van der Waals surface area contributed by atoms with Crippen LogP contribution in [-0.2, 0) is 27.0 Å². The van der Waals surface area contributed by atoms with Crippen LogP contribution in [0.25, 0.3) is 0 Å². The van der Waals surface area contributed by atoms with Crippen LogP contribution in [0.4, 0.5) is 5.69 Å². The van der Waals surface area contributed by atoms with Crippen LogP contribution < -0.4 is 10.5 Å². The van der Waals surface area contributed by atoms with Gasteiger partial charge in [0.25, 0.3) is 0 Å². The summed E-state index contributed by atoms with van der Waals surface area (Å²) in [5.41, 5.74) is 3.73. The second-order valence-corrected chi connectivity index (χ2v) is 7.81. The summed E-state index contributed by atoms with van der Waals surface area (Å²) >= 11 is 0. The number of anilines is 1. The number of benzene rings is 2. The molecule has 0 unspecified atom stereocenters. The zero-order valence-electron chi connectivity index (χ0n) is 13.2. The molecule has 1 amide bonds. The Balaban J connectivity index is 1.65. The predicted octanol–water partition coefficient (Wildman–Crippen LogP) is 2.53. The highest BCUT2D eigenvalue weighted by molar-refractivity contribution is 7.88. The second kappa shape index (κ2) is 6.75. The number of aryl methyl sites for hydroxylation is 1. The van der Waals surface area contributed by atoms with Crippen LogP contribution in [0.3, 0.4) is 0 Å². The fourth-order valence-electron chi connectivity index (χ4n) is 3.26. The molecule has 6 heteroatoms. The minimum absolute atomic E-state index is 0.0653. The average Bonchev–Trinajstić information content (AvgIpc) is 2.89. The van der Waals surface area contributed by atoms with E-state index in [1.807, 2.05) is 12.1 Å². The van der Waals surface area contributed by atoms with E-state index in [1.54, 1.807) is 24.3 Å². The van der Waals surface area contributed by atoms with Crippen molar-refractivity contribution in [1.29, 1.82) is 0 Å². The molecule has 0 aliphatic heterocycles. The van der Waals surface area contributed by atoms with Gasteiger partial charge < -0.3 is 5.32 Å². The van der Waals surface area contributed by atoms with Gasteiger partial charge in [0.2, 0.25) is 15.9 Å². The maximum atomic E-state index is 12.3. The minimum atomic E-state index is -3.59. The maximum absolute atomic E-state index is 12.3. The molecule has 1 atom stereocenters. The van der Waals surface area contributed by atoms with E-state index in [0.29, 0.717) is 17.7 Å². The van der Waals surface area contributed by atoms with Gasteiger partial charge in [-0.25, -0.2) is 13.6 Å². The van der Waals surface area contributed by atoms with Crippen LogP contribution in [-0.4, -0.2) is 14.3 Å². The van der Waals surface area contributed by atoms with Gasteiger partial charge in [0.15, 0.2) is 0 Å². The molecule has 1 aliphatic rings. The van der Waals surface area contributed by atoms with Crippen molar-refractivity contribution in [2.24, 2.45) is 5.14 Å². The molecule has 2 aromatic carbocycles. The summed E-state index contributed by atoms with van der Waals surface area (Å²) in [6.45, 7) is 0. The first-order valence-corrected chi connectivity index (χ1v) is 9.59. The van der Waals surface area contributed by atoms with E-state index in [1.165, 1.54) is 11.1 Å². The molecule has 126 valence electrons. The lowest BCUT2D eigenvalue weighted by molar-refractivity contribution is -0.116. The number of carbonyl (C=O) groups excluding carboxylic acids is 1. The number of primary sulfonamides is 1. The van der Waals surface area contributed by atoms with Crippen molar-refractivity contribution in [3.05, 3.63) is 65.2 Å².